The highest BCUT2D eigenvalue weighted by atomic mass is 79.9. The fourth-order valence-electron chi connectivity index (χ4n) is 1.25. The Kier molecular flexibility index (Phi) is 10.6. The number of rotatable bonds is 2. The van der Waals surface area contributed by atoms with Crippen molar-refractivity contribution < 1.29 is 4.92 Å². The van der Waals surface area contributed by atoms with Gasteiger partial charge in [-0.05, 0) is 44.0 Å². The molecule has 0 fully saturated rings. The number of aromatic nitrogens is 2. The molecule has 0 spiro atoms. The minimum atomic E-state index is -0.443. The van der Waals surface area contributed by atoms with Crippen LogP contribution in [0.4, 0.5) is 5.69 Å². The SMILES string of the molecule is CC.CCC.O=[N+]([O-])c1ccc(-c2nc(Br)cc(Br)n2)cc1. The smallest absolute Gasteiger partial charge is 0.258 e. The zero-order chi connectivity index (χ0) is 17.1. The number of benzene rings is 1. The Bertz CT molecular complexity index is 570. The number of nitro groups is 1. The average Bonchev–Trinajstić information content (AvgIpc) is 2.49. The van der Waals surface area contributed by atoms with E-state index in [1.165, 1.54) is 18.6 Å². The Labute approximate surface area is 147 Å². The summed E-state index contributed by atoms with van der Waals surface area (Å²) in [5, 5.41) is 10.5. The second kappa shape index (κ2) is 11.3. The zero-order valence-electron chi connectivity index (χ0n) is 13.0. The molecule has 0 amide bonds. The van der Waals surface area contributed by atoms with Gasteiger partial charge in [0.25, 0.3) is 5.69 Å². The topological polar surface area (TPSA) is 68.9 Å². The van der Waals surface area contributed by atoms with Crippen molar-refractivity contribution in [2.75, 3.05) is 0 Å². The van der Waals surface area contributed by atoms with Gasteiger partial charge in [0, 0.05) is 23.8 Å². The maximum Gasteiger partial charge on any atom is 0.269 e. The maximum absolute atomic E-state index is 10.5. The quantitative estimate of drug-likeness (QED) is 0.330. The molecule has 0 saturated carbocycles. The molecule has 0 atom stereocenters. The van der Waals surface area contributed by atoms with Gasteiger partial charge in [-0.15, -0.1) is 0 Å². The van der Waals surface area contributed by atoms with E-state index in [0.29, 0.717) is 15.0 Å². The zero-order valence-corrected chi connectivity index (χ0v) is 16.2. The second-order valence-corrected chi connectivity index (χ2v) is 5.47. The molecule has 5 nitrogen and oxygen atoms in total. The van der Waals surface area contributed by atoms with Crippen LogP contribution in [0.1, 0.15) is 34.1 Å². The summed E-state index contributed by atoms with van der Waals surface area (Å²) in [6.45, 7) is 8.25. The van der Waals surface area contributed by atoms with Crippen LogP contribution in [-0.4, -0.2) is 14.9 Å². The Morgan fingerprint density at radius 3 is 1.82 bits per heavy atom. The summed E-state index contributed by atoms with van der Waals surface area (Å²) in [4.78, 5) is 18.4. The molecule has 0 N–H and O–H groups in total. The van der Waals surface area contributed by atoms with Gasteiger partial charge in [0.2, 0.25) is 0 Å². The molecule has 22 heavy (non-hydrogen) atoms. The van der Waals surface area contributed by atoms with Crippen LogP contribution in [0.25, 0.3) is 11.4 Å². The van der Waals surface area contributed by atoms with Gasteiger partial charge in [-0.1, -0.05) is 34.1 Å². The largest absolute Gasteiger partial charge is 0.269 e. The number of hydrogen-bond donors (Lipinski definition) is 0. The van der Waals surface area contributed by atoms with Crippen LogP contribution in [0.2, 0.25) is 0 Å². The van der Waals surface area contributed by atoms with Gasteiger partial charge < -0.3 is 0 Å². The van der Waals surface area contributed by atoms with Crippen LogP contribution in [-0.2, 0) is 0 Å². The number of halogens is 2. The molecule has 0 saturated heterocycles. The van der Waals surface area contributed by atoms with Crippen molar-refractivity contribution in [1.29, 1.82) is 0 Å². The maximum atomic E-state index is 10.5. The molecule has 0 bridgehead atoms. The molecule has 0 unspecified atom stereocenters. The van der Waals surface area contributed by atoms with Crippen molar-refractivity contribution in [3.05, 3.63) is 49.7 Å². The Balaban J connectivity index is 0.000000789. The Hall–Kier alpha value is -1.34. The molecular formula is C15H19Br2N3O2. The summed E-state index contributed by atoms with van der Waals surface area (Å²) >= 11 is 6.52. The van der Waals surface area contributed by atoms with Gasteiger partial charge in [0.1, 0.15) is 9.21 Å². The van der Waals surface area contributed by atoms with E-state index in [4.69, 9.17) is 0 Å². The summed E-state index contributed by atoms with van der Waals surface area (Å²) in [5.41, 5.74) is 0.764. The molecule has 0 aliphatic heterocycles. The van der Waals surface area contributed by atoms with E-state index in [1.54, 1.807) is 18.2 Å². The molecule has 0 radical (unpaired) electrons. The summed E-state index contributed by atoms with van der Waals surface area (Å²) in [6, 6.07) is 7.80. The van der Waals surface area contributed by atoms with Crippen LogP contribution < -0.4 is 0 Å². The molecule has 1 aromatic carbocycles. The molecule has 2 rings (SSSR count). The summed E-state index contributed by atoms with van der Waals surface area (Å²) < 4.78 is 1.29. The average molecular weight is 433 g/mol. The monoisotopic (exact) mass is 431 g/mol. The Morgan fingerprint density at radius 2 is 1.45 bits per heavy atom. The van der Waals surface area contributed by atoms with Crippen molar-refractivity contribution in [3.8, 4) is 11.4 Å². The molecule has 1 heterocycles. The molecule has 7 heteroatoms. The fourth-order valence-corrected chi connectivity index (χ4v) is 2.33. The van der Waals surface area contributed by atoms with Gasteiger partial charge in [-0.25, -0.2) is 9.97 Å². The lowest BCUT2D eigenvalue weighted by molar-refractivity contribution is -0.384. The van der Waals surface area contributed by atoms with Crippen molar-refractivity contribution >= 4 is 37.5 Å². The first kappa shape index (κ1) is 20.7. The van der Waals surface area contributed by atoms with Crippen molar-refractivity contribution in [1.82, 2.24) is 9.97 Å². The third-order valence-electron chi connectivity index (χ3n) is 2.00. The second-order valence-electron chi connectivity index (χ2n) is 3.85. The molecule has 1 aromatic heterocycles. The molecular weight excluding hydrogens is 414 g/mol. The first-order chi connectivity index (χ1) is 10.5. The number of non-ortho nitro benzene ring substituents is 1. The van der Waals surface area contributed by atoms with E-state index < -0.39 is 4.92 Å². The van der Waals surface area contributed by atoms with Crippen LogP contribution in [0.15, 0.2) is 39.5 Å². The highest BCUT2D eigenvalue weighted by Crippen LogP contribution is 2.22. The number of nitrogens with zero attached hydrogens (tertiary/aromatic N) is 3. The van der Waals surface area contributed by atoms with E-state index in [1.807, 2.05) is 13.8 Å². The highest BCUT2D eigenvalue weighted by Gasteiger charge is 2.08. The molecule has 0 aliphatic rings. The Morgan fingerprint density at radius 1 is 1.05 bits per heavy atom. The highest BCUT2D eigenvalue weighted by molar-refractivity contribution is 9.11. The molecule has 120 valence electrons. The van der Waals surface area contributed by atoms with Gasteiger partial charge >= 0.3 is 0 Å². The van der Waals surface area contributed by atoms with Gasteiger partial charge in [-0.3, -0.25) is 10.1 Å². The minimum absolute atomic E-state index is 0.0443. The van der Waals surface area contributed by atoms with Crippen LogP contribution >= 0.6 is 31.9 Å². The predicted molar refractivity (Wildman–Crippen MR) is 96.8 cm³/mol. The van der Waals surface area contributed by atoms with Gasteiger partial charge in [-0.2, -0.15) is 0 Å². The first-order valence-corrected chi connectivity index (χ1v) is 8.51. The summed E-state index contributed by atoms with van der Waals surface area (Å²) in [7, 11) is 0. The van der Waals surface area contributed by atoms with Gasteiger partial charge in [0.05, 0.1) is 4.92 Å². The lowest BCUT2D eigenvalue weighted by atomic mass is 10.2. The number of nitro benzene ring substituents is 1. The summed E-state index contributed by atoms with van der Waals surface area (Å²) in [6.07, 6.45) is 1.25. The summed E-state index contributed by atoms with van der Waals surface area (Å²) in [5.74, 6) is 0.501. The van der Waals surface area contributed by atoms with Crippen molar-refractivity contribution in [2.24, 2.45) is 0 Å². The van der Waals surface area contributed by atoms with E-state index >= 15 is 0 Å². The van der Waals surface area contributed by atoms with Crippen molar-refractivity contribution in [3.63, 3.8) is 0 Å². The van der Waals surface area contributed by atoms with Crippen LogP contribution in [0.5, 0.6) is 0 Å². The van der Waals surface area contributed by atoms with E-state index in [2.05, 4.69) is 55.7 Å². The van der Waals surface area contributed by atoms with Gasteiger partial charge in [0.15, 0.2) is 5.82 Å². The predicted octanol–water partition coefficient (Wildman–Crippen LogP) is 6.02. The lowest BCUT2D eigenvalue weighted by Gasteiger charge is -2.01. The minimum Gasteiger partial charge on any atom is -0.258 e. The molecule has 0 aliphatic carbocycles. The first-order valence-electron chi connectivity index (χ1n) is 6.92. The lowest BCUT2D eigenvalue weighted by Crippen LogP contribution is -1.91. The normalized spacial score (nSPS) is 9.00. The molecule has 2 aromatic rings. The van der Waals surface area contributed by atoms with Crippen LogP contribution in [0.3, 0.4) is 0 Å². The van der Waals surface area contributed by atoms with E-state index in [-0.39, 0.29) is 5.69 Å². The van der Waals surface area contributed by atoms with Crippen molar-refractivity contribution in [2.45, 2.75) is 34.1 Å². The van der Waals surface area contributed by atoms with E-state index in [9.17, 15) is 10.1 Å². The fraction of sp³-hybridized carbons (Fsp3) is 0.333. The standard InChI is InChI=1S/C10H5Br2N3O2.C3H8.C2H6/c11-8-5-9(12)14-10(13-8)6-1-3-7(4-2-6)15(16)17;1-3-2;1-2/h1-5H;3H2,1-2H3;1-2H3. The van der Waals surface area contributed by atoms with E-state index in [0.717, 1.165) is 5.56 Å². The third-order valence-corrected chi connectivity index (χ3v) is 2.81. The third kappa shape index (κ3) is 7.09. The number of hydrogen-bond acceptors (Lipinski definition) is 4. The van der Waals surface area contributed by atoms with Crippen LogP contribution in [0, 0.1) is 10.1 Å².